The predicted molar refractivity (Wildman–Crippen MR) is 79.0 cm³/mol. The fourth-order valence-corrected chi connectivity index (χ4v) is 3.15. The van der Waals surface area contributed by atoms with Crippen LogP contribution in [0.25, 0.3) is 0 Å². The van der Waals surface area contributed by atoms with Gasteiger partial charge < -0.3 is 9.67 Å². The van der Waals surface area contributed by atoms with Gasteiger partial charge in [-0.3, -0.25) is 4.79 Å². The van der Waals surface area contributed by atoms with Crippen LogP contribution in [0.5, 0.6) is 0 Å². The van der Waals surface area contributed by atoms with Crippen molar-refractivity contribution >= 4 is 27.6 Å². The van der Waals surface area contributed by atoms with Crippen LogP contribution in [-0.2, 0) is 21.2 Å². The average molecular weight is 320 g/mol. The molecule has 0 radical (unpaired) electrons. The lowest BCUT2D eigenvalue weighted by Gasteiger charge is -2.13. The van der Waals surface area contributed by atoms with Crippen molar-refractivity contribution in [2.24, 2.45) is 0 Å². The molecule has 6 nitrogen and oxygen atoms in total. The Bertz CT molecular complexity index is 564. The molecule has 0 aliphatic carbocycles. The van der Waals surface area contributed by atoms with Gasteiger partial charge in [0.2, 0.25) is 0 Å². The van der Waals surface area contributed by atoms with Crippen molar-refractivity contribution < 1.29 is 18.3 Å². The third kappa shape index (κ3) is 4.82. The third-order valence-corrected chi connectivity index (χ3v) is 5.49. The molecule has 0 unspecified atom stereocenters. The molecule has 8 heteroatoms. The molecule has 0 spiro atoms. The van der Waals surface area contributed by atoms with Crippen molar-refractivity contribution in [2.75, 3.05) is 17.3 Å². The third-order valence-electron chi connectivity index (χ3n) is 2.83. The molecule has 1 aromatic rings. The van der Waals surface area contributed by atoms with Crippen LogP contribution < -0.4 is 0 Å². The maximum absolute atomic E-state index is 11.6. The smallest absolute Gasteiger partial charge is 0.313 e. The van der Waals surface area contributed by atoms with Crippen molar-refractivity contribution in [1.82, 2.24) is 9.55 Å². The van der Waals surface area contributed by atoms with Crippen LogP contribution in [-0.4, -0.2) is 46.3 Å². The highest BCUT2D eigenvalue weighted by Gasteiger charge is 2.16. The number of thioether (sulfide) groups is 1. The van der Waals surface area contributed by atoms with Crippen LogP contribution >= 0.6 is 11.8 Å². The summed E-state index contributed by atoms with van der Waals surface area (Å²) < 4.78 is 25.0. The van der Waals surface area contributed by atoms with Crippen LogP contribution in [0.1, 0.15) is 32.4 Å². The first-order valence-electron chi connectivity index (χ1n) is 6.37. The van der Waals surface area contributed by atoms with E-state index in [4.69, 9.17) is 5.11 Å². The van der Waals surface area contributed by atoms with Crippen LogP contribution in [0, 0.1) is 0 Å². The number of carbonyl (C=O) groups is 1. The standard InChI is InChI=1S/C12H20N2O4S2/c1-4-20(17,18)6-5-14-10(9(2)3)7-13-12(14)19-8-11(15)16/h7,9H,4-6,8H2,1-3H3,(H,15,16). The average Bonchev–Trinajstić information content (AvgIpc) is 2.77. The lowest BCUT2D eigenvalue weighted by Crippen LogP contribution is -2.17. The minimum absolute atomic E-state index is 0.0419. The summed E-state index contributed by atoms with van der Waals surface area (Å²) in [6, 6.07) is 0. The van der Waals surface area contributed by atoms with Crippen molar-refractivity contribution in [2.45, 2.75) is 38.4 Å². The summed E-state index contributed by atoms with van der Waals surface area (Å²) in [5, 5.41) is 9.28. The van der Waals surface area contributed by atoms with E-state index in [0.717, 1.165) is 17.5 Å². The molecule has 1 aromatic heterocycles. The molecule has 1 heterocycles. The number of imidazole rings is 1. The molecule has 0 fully saturated rings. The Balaban J connectivity index is 2.94. The van der Waals surface area contributed by atoms with E-state index in [1.807, 2.05) is 18.4 Å². The molecular weight excluding hydrogens is 300 g/mol. The second-order valence-electron chi connectivity index (χ2n) is 4.69. The SMILES string of the molecule is CCS(=O)(=O)CCn1c(C(C)C)cnc1SCC(=O)O. The van der Waals surface area contributed by atoms with Crippen molar-refractivity contribution in [3.63, 3.8) is 0 Å². The quantitative estimate of drug-likeness (QED) is 0.732. The molecule has 0 saturated heterocycles. The Morgan fingerprint density at radius 2 is 2.15 bits per heavy atom. The van der Waals surface area contributed by atoms with Crippen molar-refractivity contribution in [1.29, 1.82) is 0 Å². The monoisotopic (exact) mass is 320 g/mol. The number of sulfone groups is 1. The number of carboxylic acid groups (broad SMARTS) is 1. The van der Waals surface area contributed by atoms with E-state index < -0.39 is 15.8 Å². The Morgan fingerprint density at radius 3 is 2.65 bits per heavy atom. The van der Waals surface area contributed by atoms with Crippen LogP contribution in [0.4, 0.5) is 0 Å². The fraction of sp³-hybridized carbons (Fsp3) is 0.667. The molecule has 114 valence electrons. The number of carboxylic acids is 1. The van der Waals surface area contributed by atoms with Crippen molar-refractivity contribution in [3.05, 3.63) is 11.9 Å². The zero-order valence-electron chi connectivity index (χ0n) is 11.9. The molecule has 0 amide bonds. The Labute approximate surface area is 123 Å². The highest BCUT2D eigenvalue weighted by Crippen LogP contribution is 2.23. The summed E-state index contributed by atoms with van der Waals surface area (Å²) >= 11 is 1.11. The maximum Gasteiger partial charge on any atom is 0.313 e. The molecule has 0 saturated carbocycles. The first kappa shape index (κ1) is 17.0. The van der Waals surface area contributed by atoms with Gasteiger partial charge in [0.15, 0.2) is 15.0 Å². The van der Waals surface area contributed by atoms with Crippen LogP contribution in [0.15, 0.2) is 11.4 Å². The van der Waals surface area contributed by atoms with Gasteiger partial charge in [-0.2, -0.15) is 0 Å². The van der Waals surface area contributed by atoms with Crippen LogP contribution in [0.3, 0.4) is 0 Å². The Kier molecular flexibility index (Phi) is 6.07. The Hall–Kier alpha value is -1.02. The highest BCUT2D eigenvalue weighted by molar-refractivity contribution is 7.99. The van der Waals surface area contributed by atoms with Gasteiger partial charge in [-0.25, -0.2) is 13.4 Å². The van der Waals surface area contributed by atoms with Crippen LogP contribution in [0.2, 0.25) is 0 Å². The maximum atomic E-state index is 11.6. The molecule has 1 N–H and O–H groups in total. The fourth-order valence-electron chi connectivity index (χ4n) is 1.67. The van der Waals surface area contributed by atoms with Gasteiger partial charge in [0.25, 0.3) is 0 Å². The Morgan fingerprint density at radius 1 is 1.50 bits per heavy atom. The summed E-state index contributed by atoms with van der Waals surface area (Å²) in [6.45, 7) is 5.92. The largest absolute Gasteiger partial charge is 0.481 e. The topological polar surface area (TPSA) is 89.3 Å². The van der Waals surface area contributed by atoms with Gasteiger partial charge in [-0.05, 0) is 5.92 Å². The molecule has 0 atom stereocenters. The van der Waals surface area contributed by atoms with Gasteiger partial charge >= 0.3 is 5.97 Å². The number of aromatic nitrogens is 2. The number of aliphatic carboxylic acids is 1. The lowest BCUT2D eigenvalue weighted by molar-refractivity contribution is -0.133. The highest BCUT2D eigenvalue weighted by atomic mass is 32.2. The summed E-state index contributed by atoms with van der Waals surface area (Å²) in [5.74, 6) is -0.658. The lowest BCUT2D eigenvalue weighted by atomic mass is 10.1. The molecule has 0 aliphatic heterocycles. The molecular formula is C12H20N2O4S2. The first-order valence-corrected chi connectivity index (χ1v) is 9.18. The first-order chi connectivity index (χ1) is 9.26. The zero-order valence-corrected chi connectivity index (χ0v) is 13.5. The second kappa shape index (κ2) is 7.12. The van der Waals surface area contributed by atoms with Gasteiger partial charge in [0.05, 0.1) is 11.5 Å². The minimum atomic E-state index is -3.06. The van der Waals surface area contributed by atoms with E-state index in [9.17, 15) is 13.2 Å². The zero-order chi connectivity index (χ0) is 15.3. The molecule has 0 aliphatic rings. The summed E-state index contributed by atoms with van der Waals surface area (Å²) in [5.41, 5.74) is 0.921. The molecule has 20 heavy (non-hydrogen) atoms. The molecule has 1 rings (SSSR count). The number of hydrogen-bond acceptors (Lipinski definition) is 5. The van der Waals surface area contributed by atoms with E-state index in [1.54, 1.807) is 13.1 Å². The summed E-state index contributed by atoms with van der Waals surface area (Å²) in [7, 11) is -3.06. The van der Waals surface area contributed by atoms with Gasteiger partial charge in [-0.1, -0.05) is 32.5 Å². The molecule has 0 bridgehead atoms. The normalized spacial score (nSPS) is 12.0. The van der Waals surface area contributed by atoms with Gasteiger partial charge in [0, 0.05) is 24.2 Å². The van der Waals surface area contributed by atoms with Gasteiger partial charge in [0.1, 0.15) is 0 Å². The summed E-state index contributed by atoms with van der Waals surface area (Å²) in [4.78, 5) is 14.8. The van der Waals surface area contributed by atoms with Gasteiger partial charge in [-0.15, -0.1) is 0 Å². The van der Waals surface area contributed by atoms with Crippen molar-refractivity contribution in [3.8, 4) is 0 Å². The second-order valence-corrected chi connectivity index (χ2v) is 8.11. The summed E-state index contributed by atoms with van der Waals surface area (Å²) in [6.07, 6.45) is 1.69. The minimum Gasteiger partial charge on any atom is -0.481 e. The number of hydrogen-bond donors (Lipinski definition) is 1. The predicted octanol–water partition coefficient (Wildman–Crippen LogP) is 1.62. The van der Waals surface area contributed by atoms with E-state index in [2.05, 4.69) is 4.98 Å². The van der Waals surface area contributed by atoms with E-state index in [0.29, 0.717) is 11.7 Å². The van der Waals surface area contributed by atoms with E-state index >= 15 is 0 Å². The number of nitrogens with zero attached hydrogens (tertiary/aromatic N) is 2. The number of rotatable bonds is 8. The molecule has 0 aromatic carbocycles. The van der Waals surface area contributed by atoms with E-state index in [1.165, 1.54) is 0 Å². The van der Waals surface area contributed by atoms with E-state index in [-0.39, 0.29) is 23.2 Å².